The van der Waals surface area contributed by atoms with Gasteiger partial charge in [-0.1, -0.05) is 41.6 Å². The highest BCUT2D eigenvalue weighted by Crippen LogP contribution is 2.39. The summed E-state index contributed by atoms with van der Waals surface area (Å²) in [5.41, 5.74) is 8.02. The molecule has 0 saturated carbocycles. The van der Waals surface area contributed by atoms with Crippen LogP contribution in [0.5, 0.6) is 0 Å². The van der Waals surface area contributed by atoms with Gasteiger partial charge in [0.2, 0.25) is 5.91 Å². The molecule has 1 amide bonds. The van der Waals surface area contributed by atoms with Gasteiger partial charge in [-0.3, -0.25) is 4.79 Å². The summed E-state index contributed by atoms with van der Waals surface area (Å²) in [6.45, 7) is 3.74. The Bertz CT molecular complexity index is 1070. The molecule has 0 saturated heterocycles. The Morgan fingerprint density at radius 1 is 1.27 bits per heavy atom. The minimum atomic E-state index is -0.522. The van der Waals surface area contributed by atoms with Gasteiger partial charge in [-0.2, -0.15) is 0 Å². The number of ether oxygens (including phenoxy) is 1. The number of thioether (sulfide) groups is 1. The molecule has 1 aromatic carbocycles. The molecule has 0 radical (unpaired) electrons. The van der Waals surface area contributed by atoms with Gasteiger partial charge in [0.25, 0.3) is 0 Å². The fourth-order valence-electron chi connectivity index (χ4n) is 2.66. The lowest BCUT2D eigenvalue weighted by Crippen LogP contribution is -2.16. The van der Waals surface area contributed by atoms with Crippen molar-refractivity contribution in [1.29, 1.82) is 0 Å². The number of amides is 1. The highest BCUT2D eigenvalue weighted by molar-refractivity contribution is 7.99. The standard InChI is InChI=1S/C20H19ClN4O3S2/c1-3-28-19(27)17-13(12-6-4-5-7-14(12)21)9-29-18(17)25-16(26)10-30-20-23-11(2)8-15(22)24-20/h4-9H,3,10H2,1-2H3,(H,25,26)(H2,22,23,24). The van der Waals surface area contributed by atoms with Crippen molar-refractivity contribution >= 4 is 57.4 Å². The molecule has 2 heterocycles. The Balaban J connectivity index is 1.82. The fourth-order valence-corrected chi connectivity index (χ4v) is 4.57. The van der Waals surface area contributed by atoms with Crippen LogP contribution in [-0.4, -0.2) is 34.2 Å². The zero-order valence-electron chi connectivity index (χ0n) is 16.3. The monoisotopic (exact) mass is 462 g/mol. The van der Waals surface area contributed by atoms with E-state index >= 15 is 0 Å². The number of carbonyl (C=O) groups is 2. The molecular weight excluding hydrogens is 444 g/mol. The lowest BCUT2D eigenvalue weighted by molar-refractivity contribution is -0.113. The number of anilines is 2. The number of esters is 1. The number of benzene rings is 1. The van der Waals surface area contributed by atoms with E-state index in [1.165, 1.54) is 11.3 Å². The van der Waals surface area contributed by atoms with Gasteiger partial charge in [0, 0.05) is 33.3 Å². The van der Waals surface area contributed by atoms with Crippen LogP contribution in [0.3, 0.4) is 0 Å². The molecular formula is C20H19ClN4O3S2. The number of halogens is 1. The molecule has 0 aliphatic carbocycles. The molecule has 0 spiro atoms. The van der Waals surface area contributed by atoms with Gasteiger partial charge in [-0.25, -0.2) is 14.8 Å². The van der Waals surface area contributed by atoms with Crippen LogP contribution in [0.1, 0.15) is 23.0 Å². The summed E-state index contributed by atoms with van der Waals surface area (Å²) in [6.07, 6.45) is 0. The molecule has 2 aromatic heterocycles. The van der Waals surface area contributed by atoms with Gasteiger partial charge >= 0.3 is 5.97 Å². The molecule has 3 aromatic rings. The normalized spacial score (nSPS) is 10.6. The van der Waals surface area contributed by atoms with Crippen molar-refractivity contribution in [3.8, 4) is 11.1 Å². The van der Waals surface area contributed by atoms with E-state index in [0.29, 0.717) is 32.1 Å². The summed E-state index contributed by atoms with van der Waals surface area (Å²) in [5.74, 6) is -0.421. The maximum atomic E-state index is 12.6. The maximum absolute atomic E-state index is 12.6. The lowest BCUT2D eigenvalue weighted by Gasteiger charge is -2.09. The first-order valence-electron chi connectivity index (χ1n) is 8.96. The Morgan fingerprint density at radius 3 is 2.73 bits per heavy atom. The molecule has 0 atom stereocenters. The van der Waals surface area contributed by atoms with Gasteiger partial charge in [-0.05, 0) is 19.9 Å². The first kappa shape index (κ1) is 22.1. The number of nitrogens with two attached hydrogens (primary N) is 1. The van der Waals surface area contributed by atoms with Crippen LogP contribution in [0.2, 0.25) is 5.02 Å². The summed E-state index contributed by atoms with van der Waals surface area (Å²) >= 11 is 8.70. The second kappa shape index (κ2) is 9.92. The number of nitrogens with one attached hydrogen (secondary N) is 1. The first-order valence-corrected chi connectivity index (χ1v) is 11.2. The van der Waals surface area contributed by atoms with E-state index < -0.39 is 5.97 Å². The zero-order chi connectivity index (χ0) is 21.7. The molecule has 0 bridgehead atoms. The summed E-state index contributed by atoms with van der Waals surface area (Å²) in [5, 5.41) is 5.88. The van der Waals surface area contributed by atoms with Crippen molar-refractivity contribution in [3.63, 3.8) is 0 Å². The van der Waals surface area contributed by atoms with E-state index in [1.54, 1.807) is 31.4 Å². The highest BCUT2D eigenvalue weighted by Gasteiger charge is 2.24. The molecule has 0 aliphatic heterocycles. The third-order valence-corrected chi connectivity index (χ3v) is 5.95. The summed E-state index contributed by atoms with van der Waals surface area (Å²) in [6, 6.07) is 8.84. The van der Waals surface area contributed by atoms with E-state index in [9.17, 15) is 9.59 Å². The maximum Gasteiger partial charge on any atom is 0.341 e. The van der Waals surface area contributed by atoms with Crippen molar-refractivity contribution in [2.75, 3.05) is 23.4 Å². The minimum absolute atomic E-state index is 0.0600. The molecule has 0 aliphatic rings. The summed E-state index contributed by atoms with van der Waals surface area (Å²) in [7, 11) is 0. The Morgan fingerprint density at radius 2 is 2.03 bits per heavy atom. The van der Waals surface area contributed by atoms with Crippen LogP contribution in [0.4, 0.5) is 10.8 Å². The number of nitrogen functional groups attached to an aromatic ring is 1. The zero-order valence-corrected chi connectivity index (χ0v) is 18.7. The highest BCUT2D eigenvalue weighted by atomic mass is 35.5. The van der Waals surface area contributed by atoms with Crippen molar-refractivity contribution in [1.82, 2.24) is 9.97 Å². The van der Waals surface area contributed by atoms with Crippen molar-refractivity contribution < 1.29 is 14.3 Å². The van der Waals surface area contributed by atoms with E-state index in [-0.39, 0.29) is 23.8 Å². The number of aryl methyl sites for hydroxylation is 1. The molecule has 10 heteroatoms. The SMILES string of the molecule is CCOC(=O)c1c(-c2ccccc2Cl)csc1NC(=O)CSc1nc(C)cc(N)n1. The summed E-state index contributed by atoms with van der Waals surface area (Å²) in [4.78, 5) is 33.5. The number of hydrogen-bond donors (Lipinski definition) is 2. The molecule has 3 rings (SSSR count). The van der Waals surface area contributed by atoms with E-state index in [4.69, 9.17) is 22.1 Å². The predicted octanol–water partition coefficient (Wildman–Crippen LogP) is 4.66. The van der Waals surface area contributed by atoms with Crippen molar-refractivity contribution in [2.24, 2.45) is 0 Å². The van der Waals surface area contributed by atoms with Crippen LogP contribution >= 0.6 is 34.7 Å². The van der Waals surface area contributed by atoms with Gasteiger partial charge in [-0.15, -0.1) is 11.3 Å². The second-order valence-electron chi connectivity index (χ2n) is 6.11. The number of nitrogens with zero attached hydrogens (tertiary/aromatic N) is 2. The van der Waals surface area contributed by atoms with Crippen LogP contribution in [0, 0.1) is 6.92 Å². The van der Waals surface area contributed by atoms with E-state index in [1.807, 2.05) is 18.2 Å². The Hall–Kier alpha value is -2.62. The molecule has 30 heavy (non-hydrogen) atoms. The number of hydrogen-bond acceptors (Lipinski definition) is 8. The third kappa shape index (κ3) is 5.29. The van der Waals surface area contributed by atoms with Crippen LogP contribution in [-0.2, 0) is 9.53 Å². The van der Waals surface area contributed by atoms with Gasteiger partial charge in [0.1, 0.15) is 16.4 Å². The van der Waals surface area contributed by atoms with E-state index in [2.05, 4.69) is 15.3 Å². The molecule has 0 fully saturated rings. The first-order chi connectivity index (χ1) is 14.4. The predicted molar refractivity (Wildman–Crippen MR) is 121 cm³/mol. The average molecular weight is 463 g/mol. The van der Waals surface area contributed by atoms with Gasteiger partial charge < -0.3 is 15.8 Å². The third-order valence-electron chi connectivity index (χ3n) is 3.87. The number of thiophene rings is 1. The quantitative estimate of drug-likeness (QED) is 0.298. The van der Waals surface area contributed by atoms with Crippen LogP contribution < -0.4 is 11.1 Å². The van der Waals surface area contributed by atoms with Crippen molar-refractivity contribution in [3.05, 3.63) is 52.0 Å². The van der Waals surface area contributed by atoms with Gasteiger partial charge in [0.15, 0.2) is 5.16 Å². The molecule has 7 nitrogen and oxygen atoms in total. The number of aromatic nitrogens is 2. The van der Waals surface area contributed by atoms with E-state index in [0.717, 1.165) is 17.5 Å². The summed E-state index contributed by atoms with van der Waals surface area (Å²) < 4.78 is 5.20. The van der Waals surface area contributed by atoms with Crippen LogP contribution in [0.25, 0.3) is 11.1 Å². The fraction of sp³-hybridized carbons (Fsp3) is 0.200. The molecule has 0 unspecified atom stereocenters. The average Bonchev–Trinajstić information content (AvgIpc) is 3.09. The smallest absolute Gasteiger partial charge is 0.341 e. The minimum Gasteiger partial charge on any atom is -0.462 e. The number of carbonyl (C=O) groups excluding carboxylic acids is 2. The Kier molecular flexibility index (Phi) is 7.30. The van der Waals surface area contributed by atoms with Gasteiger partial charge in [0.05, 0.1) is 12.4 Å². The molecule has 156 valence electrons. The van der Waals surface area contributed by atoms with Crippen LogP contribution in [0.15, 0.2) is 40.9 Å². The topological polar surface area (TPSA) is 107 Å². The Labute approximate surface area is 187 Å². The number of rotatable bonds is 7. The largest absolute Gasteiger partial charge is 0.462 e. The lowest BCUT2D eigenvalue weighted by atomic mass is 10.0. The van der Waals surface area contributed by atoms with Crippen molar-refractivity contribution in [2.45, 2.75) is 19.0 Å². The molecule has 3 N–H and O–H groups in total. The second-order valence-corrected chi connectivity index (χ2v) is 8.34.